The van der Waals surface area contributed by atoms with Crippen LogP contribution in [-0.2, 0) is 0 Å². The third kappa shape index (κ3) is 3.71. The van der Waals surface area contributed by atoms with Crippen LogP contribution in [0, 0.1) is 0 Å². The van der Waals surface area contributed by atoms with Gasteiger partial charge in [-0.3, -0.25) is 9.89 Å². The van der Waals surface area contributed by atoms with Crippen molar-refractivity contribution in [1.29, 1.82) is 0 Å². The summed E-state index contributed by atoms with van der Waals surface area (Å²) < 4.78 is 0. The number of aromatic amines is 1. The highest BCUT2D eigenvalue weighted by atomic mass is 16.3. The second kappa shape index (κ2) is 6.67. The molecule has 0 spiro atoms. The molecule has 2 aromatic rings. The third-order valence-electron chi connectivity index (χ3n) is 4.36. The van der Waals surface area contributed by atoms with Crippen LogP contribution in [0.4, 0.5) is 11.6 Å². The quantitative estimate of drug-likeness (QED) is 0.785. The Morgan fingerprint density at radius 1 is 1.40 bits per heavy atom. The van der Waals surface area contributed by atoms with Gasteiger partial charge in [-0.05, 0) is 12.5 Å². The predicted octanol–water partition coefficient (Wildman–Crippen LogP) is -0.0209. The highest BCUT2D eigenvalue weighted by Crippen LogP contribution is 2.27. The Bertz CT molecular complexity index is 734. The smallest absolute Gasteiger partial charge is 0.271 e. The van der Waals surface area contributed by atoms with Crippen molar-refractivity contribution in [3.8, 4) is 0 Å². The zero-order valence-electron chi connectivity index (χ0n) is 14.7. The van der Waals surface area contributed by atoms with Crippen molar-refractivity contribution in [3.05, 3.63) is 30.4 Å². The van der Waals surface area contributed by atoms with E-state index in [1.54, 1.807) is 13.1 Å². The molecule has 0 bridgehead atoms. The molecular formula is C16H23N7O2. The standard InChI is InChI=1S/C16H23N7O2/c1-21(2)13-8-14(18-11-17-13)23-7-5-16(25,10-23)9-22(3)15(24)12-4-6-19-20-12/h4,6,8,11,25H,5,7,9-10H2,1-3H3,(H,19,20). The Labute approximate surface area is 146 Å². The Morgan fingerprint density at radius 2 is 2.20 bits per heavy atom. The number of anilines is 2. The van der Waals surface area contributed by atoms with Crippen LogP contribution < -0.4 is 9.80 Å². The first kappa shape index (κ1) is 17.2. The normalized spacial score (nSPS) is 19.9. The predicted molar refractivity (Wildman–Crippen MR) is 93.7 cm³/mol. The van der Waals surface area contributed by atoms with Gasteiger partial charge in [-0.1, -0.05) is 0 Å². The van der Waals surface area contributed by atoms with E-state index < -0.39 is 5.60 Å². The lowest BCUT2D eigenvalue weighted by Gasteiger charge is -2.29. The number of rotatable bonds is 5. The first-order valence-electron chi connectivity index (χ1n) is 8.09. The molecule has 0 radical (unpaired) electrons. The maximum absolute atomic E-state index is 12.3. The van der Waals surface area contributed by atoms with Gasteiger partial charge >= 0.3 is 0 Å². The molecule has 0 aliphatic carbocycles. The average Bonchev–Trinajstić information content (AvgIpc) is 3.24. The molecule has 0 saturated carbocycles. The van der Waals surface area contributed by atoms with E-state index in [0.717, 1.165) is 11.6 Å². The van der Waals surface area contributed by atoms with Crippen LogP contribution in [0.2, 0.25) is 0 Å². The van der Waals surface area contributed by atoms with Crippen LogP contribution in [0.3, 0.4) is 0 Å². The molecule has 2 N–H and O–H groups in total. The maximum Gasteiger partial charge on any atom is 0.271 e. The molecule has 1 atom stereocenters. The lowest BCUT2D eigenvalue weighted by atomic mass is 10.0. The number of amides is 1. The van der Waals surface area contributed by atoms with Crippen molar-refractivity contribution < 1.29 is 9.90 Å². The number of aliphatic hydroxyl groups is 1. The van der Waals surface area contributed by atoms with Gasteiger partial charge in [-0.2, -0.15) is 5.10 Å². The Balaban J connectivity index is 1.66. The summed E-state index contributed by atoms with van der Waals surface area (Å²) in [6, 6.07) is 3.51. The fraction of sp³-hybridized carbons (Fsp3) is 0.500. The first-order valence-corrected chi connectivity index (χ1v) is 8.09. The molecule has 134 valence electrons. The van der Waals surface area contributed by atoms with E-state index in [0.29, 0.717) is 25.2 Å². The lowest BCUT2D eigenvalue weighted by molar-refractivity contribution is 0.0262. The number of nitrogens with zero attached hydrogens (tertiary/aromatic N) is 6. The second-order valence-electron chi connectivity index (χ2n) is 6.66. The van der Waals surface area contributed by atoms with Gasteiger partial charge in [-0.15, -0.1) is 0 Å². The van der Waals surface area contributed by atoms with Gasteiger partial charge in [0.15, 0.2) is 0 Å². The lowest BCUT2D eigenvalue weighted by Crippen LogP contribution is -2.46. The summed E-state index contributed by atoms with van der Waals surface area (Å²) in [5.74, 6) is 1.39. The number of carbonyl (C=O) groups is 1. The number of nitrogens with one attached hydrogen (secondary N) is 1. The van der Waals surface area contributed by atoms with Gasteiger partial charge in [-0.25, -0.2) is 9.97 Å². The van der Waals surface area contributed by atoms with Crippen LogP contribution in [-0.4, -0.2) is 82.5 Å². The molecule has 3 rings (SSSR count). The van der Waals surface area contributed by atoms with Crippen molar-refractivity contribution in [2.45, 2.75) is 12.0 Å². The minimum Gasteiger partial charge on any atom is -0.386 e. The molecule has 1 saturated heterocycles. The monoisotopic (exact) mass is 345 g/mol. The van der Waals surface area contributed by atoms with E-state index in [1.807, 2.05) is 30.0 Å². The molecule has 2 aromatic heterocycles. The van der Waals surface area contributed by atoms with Gasteiger partial charge in [0.25, 0.3) is 5.91 Å². The van der Waals surface area contributed by atoms with Crippen molar-refractivity contribution in [3.63, 3.8) is 0 Å². The van der Waals surface area contributed by atoms with Crippen LogP contribution in [0.15, 0.2) is 24.7 Å². The minimum atomic E-state index is -0.979. The molecule has 1 fully saturated rings. The SMILES string of the molecule is CN(CC1(O)CCN(c2cc(N(C)C)ncn2)C1)C(=O)c1ccn[nH]1. The van der Waals surface area contributed by atoms with Crippen LogP contribution >= 0.6 is 0 Å². The molecule has 3 heterocycles. The van der Waals surface area contributed by atoms with Gasteiger partial charge in [0, 0.05) is 46.5 Å². The average molecular weight is 345 g/mol. The van der Waals surface area contributed by atoms with Crippen molar-refractivity contribution in [1.82, 2.24) is 25.1 Å². The molecule has 1 unspecified atom stereocenters. The number of likely N-dealkylation sites (N-methyl/N-ethyl adjacent to an activating group) is 1. The Hall–Kier alpha value is -2.68. The summed E-state index contributed by atoms with van der Waals surface area (Å²) in [4.78, 5) is 26.3. The Morgan fingerprint density at radius 3 is 2.88 bits per heavy atom. The summed E-state index contributed by atoms with van der Waals surface area (Å²) in [5, 5.41) is 17.3. The minimum absolute atomic E-state index is 0.193. The van der Waals surface area contributed by atoms with Crippen LogP contribution in [0.25, 0.3) is 0 Å². The number of hydrogen-bond acceptors (Lipinski definition) is 7. The molecule has 1 amide bonds. The maximum atomic E-state index is 12.3. The van der Waals surface area contributed by atoms with E-state index in [4.69, 9.17) is 0 Å². The third-order valence-corrected chi connectivity index (χ3v) is 4.36. The summed E-state index contributed by atoms with van der Waals surface area (Å²) >= 11 is 0. The van der Waals surface area contributed by atoms with E-state index in [9.17, 15) is 9.90 Å². The fourth-order valence-corrected chi connectivity index (χ4v) is 3.03. The largest absolute Gasteiger partial charge is 0.386 e. The topological polar surface area (TPSA) is 101 Å². The number of H-pyrrole nitrogens is 1. The van der Waals surface area contributed by atoms with Gasteiger partial charge in [0.1, 0.15) is 29.3 Å². The molecular weight excluding hydrogens is 322 g/mol. The molecule has 1 aliphatic rings. The first-order chi connectivity index (χ1) is 11.9. The van der Waals surface area contributed by atoms with Crippen molar-refractivity contribution >= 4 is 17.5 Å². The number of aromatic nitrogens is 4. The number of β-amino-alcohol motifs (C(OH)–C–C–N with tert-alkyl or cyclic N) is 1. The Kier molecular flexibility index (Phi) is 4.58. The van der Waals surface area contributed by atoms with Crippen LogP contribution in [0.5, 0.6) is 0 Å². The van der Waals surface area contributed by atoms with E-state index >= 15 is 0 Å². The summed E-state index contributed by atoms with van der Waals surface area (Å²) in [5.41, 5.74) is -0.569. The zero-order valence-corrected chi connectivity index (χ0v) is 14.7. The number of hydrogen-bond donors (Lipinski definition) is 2. The molecule has 1 aliphatic heterocycles. The molecule has 0 aromatic carbocycles. The summed E-state index contributed by atoms with van der Waals surface area (Å²) in [6.07, 6.45) is 3.62. The highest BCUT2D eigenvalue weighted by molar-refractivity contribution is 5.92. The summed E-state index contributed by atoms with van der Waals surface area (Å²) in [6.45, 7) is 1.33. The molecule has 25 heavy (non-hydrogen) atoms. The van der Waals surface area contributed by atoms with Crippen molar-refractivity contribution in [2.24, 2.45) is 0 Å². The van der Waals surface area contributed by atoms with Crippen LogP contribution in [0.1, 0.15) is 16.9 Å². The summed E-state index contributed by atoms with van der Waals surface area (Å²) in [7, 11) is 5.52. The molecule has 9 heteroatoms. The fourth-order valence-electron chi connectivity index (χ4n) is 3.03. The number of carbonyl (C=O) groups excluding carboxylic acids is 1. The zero-order chi connectivity index (χ0) is 18.0. The second-order valence-corrected chi connectivity index (χ2v) is 6.66. The van der Waals surface area contributed by atoms with E-state index in [2.05, 4.69) is 20.2 Å². The molecule has 9 nitrogen and oxygen atoms in total. The van der Waals surface area contributed by atoms with Gasteiger partial charge < -0.3 is 19.8 Å². The van der Waals surface area contributed by atoms with Gasteiger partial charge in [0.05, 0.1) is 6.54 Å². The van der Waals surface area contributed by atoms with E-state index in [-0.39, 0.29) is 12.5 Å². The van der Waals surface area contributed by atoms with Gasteiger partial charge in [0.2, 0.25) is 0 Å². The van der Waals surface area contributed by atoms with E-state index in [1.165, 1.54) is 17.4 Å². The van der Waals surface area contributed by atoms with Crippen molar-refractivity contribution in [2.75, 3.05) is 50.6 Å². The highest BCUT2D eigenvalue weighted by Gasteiger charge is 2.38.